The minimum Gasteiger partial charge on any atom is -0.387 e. The van der Waals surface area contributed by atoms with E-state index in [9.17, 15) is 5.11 Å². The smallest absolute Gasteiger partial charge is 0.0982 e. The zero-order valence-electron chi connectivity index (χ0n) is 8.35. The third kappa shape index (κ3) is 3.65. The van der Waals surface area contributed by atoms with E-state index in [4.69, 9.17) is 0 Å². The summed E-state index contributed by atoms with van der Waals surface area (Å²) in [5, 5.41) is 13.2. The number of aromatic nitrogens is 2. The fraction of sp³-hybridized carbons (Fsp3) is 0.667. The number of hydrogen-bond donors (Lipinski definition) is 3. The highest BCUT2D eigenvalue weighted by atomic mass is 35.5. The molecular formula is C9H17Cl2N3O. The second kappa shape index (κ2) is 7.06. The van der Waals surface area contributed by atoms with Crippen LogP contribution in [-0.4, -0.2) is 28.2 Å². The van der Waals surface area contributed by atoms with Gasteiger partial charge in [0.25, 0.3) is 0 Å². The largest absolute Gasteiger partial charge is 0.387 e. The Hall–Kier alpha value is -0.290. The molecule has 1 unspecified atom stereocenters. The van der Waals surface area contributed by atoms with Crippen molar-refractivity contribution in [3.8, 4) is 0 Å². The first-order chi connectivity index (χ1) is 6.38. The maximum absolute atomic E-state index is 9.94. The van der Waals surface area contributed by atoms with Gasteiger partial charge in [0.15, 0.2) is 0 Å². The highest BCUT2D eigenvalue weighted by Crippen LogP contribution is 2.26. The van der Waals surface area contributed by atoms with Gasteiger partial charge in [0.1, 0.15) is 0 Å². The summed E-state index contributed by atoms with van der Waals surface area (Å²) in [6.07, 6.45) is 5.02. The van der Waals surface area contributed by atoms with Crippen LogP contribution >= 0.6 is 24.8 Å². The Balaban J connectivity index is 0.000000980. The molecule has 1 aromatic heterocycles. The van der Waals surface area contributed by atoms with E-state index in [-0.39, 0.29) is 30.9 Å². The van der Waals surface area contributed by atoms with E-state index in [2.05, 4.69) is 15.3 Å². The van der Waals surface area contributed by atoms with Crippen LogP contribution in [-0.2, 0) is 0 Å². The molecule has 2 rings (SSSR count). The third-order valence-electron chi connectivity index (χ3n) is 2.67. The predicted molar refractivity (Wildman–Crippen MR) is 63.6 cm³/mol. The van der Waals surface area contributed by atoms with Crippen molar-refractivity contribution in [1.82, 2.24) is 15.3 Å². The fourth-order valence-electron chi connectivity index (χ4n) is 1.84. The van der Waals surface area contributed by atoms with E-state index in [1.807, 2.05) is 0 Å². The first-order valence-electron chi connectivity index (χ1n) is 4.75. The van der Waals surface area contributed by atoms with Gasteiger partial charge >= 0.3 is 0 Å². The van der Waals surface area contributed by atoms with Crippen LogP contribution < -0.4 is 5.32 Å². The summed E-state index contributed by atoms with van der Waals surface area (Å²) >= 11 is 0. The number of aromatic amines is 1. The molecule has 1 atom stereocenters. The van der Waals surface area contributed by atoms with Crippen LogP contribution in [0, 0.1) is 5.92 Å². The molecule has 4 nitrogen and oxygen atoms in total. The number of nitrogens with zero attached hydrogens (tertiary/aromatic N) is 1. The van der Waals surface area contributed by atoms with Gasteiger partial charge < -0.3 is 15.4 Å². The zero-order chi connectivity index (χ0) is 9.10. The predicted octanol–water partition coefficient (Wildman–Crippen LogP) is 1.29. The summed E-state index contributed by atoms with van der Waals surface area (Å²) in [5.74, 6) is 0.377. The number of halogens is 2. The van der Waals surface area contributed by atoms with Gasteiger partial charge in [0, 0.05) is 0 Å². The fourth-order valence-corrected chi connectivity index (χ4v) is 1.84. The molecular weight excluding hydrogens is 237 g/mol. The molecule has 0 saturated carbocycles. The summed E-state index contributed by atoms with van der Waals surface area (Å²) in [5.41, 5.74) is 0.840. The van der Waals surface area contributed by atoms with Crippen molar-refractivity contribution in [3.05, 3.63) is 18.2 Å². The van der Waals surface area contributed by atoms with Crippen molar-refractivity contribution in [1.29, 1.82) is 0 Å². The van der Waals surface area contributed by atoms with Gasteiger partial charge in [0.2, 0.25) is 0 Å². The maximum atomic E-state index is 9.94. The normalized spacial score (nSPS) is 18.7. The molecule has 1 aliphatic heterocycles. The van der Waals surface area contributed by atoms with Crippen LogP contribution in [0.5, 0.6) is 0 Å². The number of rotatable bonds is 2. The molecule has 0 bridgehead atoms. The Labute approximate surface area is 102 Å². The first-order valence-corrected chi connectivity index (χ1v) is 4.75. The Kier molecular flexibility index (Phi) is 6.92. The lowest BCUT2D eigenvalue weighted by atomic mass is 9.91. The molecule has 6 heteroatoms. The van der Waals surface area contributed by atoms with Crippen LogP contribution in [0.25, 0.3) is 0 Å². The Morgan fingerprint density at radius 3 is 2.53 bits per heavy atom. The number of nitrogens with one attached hydrogen (secondary N) is 2. The molecule has 1 aromatic rings. The van der Waals surface area contributed by atoms with E-state index in [1.165, 1.54) is 0 Å². The van der Waals surface area contributed by atoms with E-state index >= 15 is 0 Å². The molecule has 3 N–H and O–H groups in total. The number of aliphatic hydroxyl groups excluding tert-OH is 1. The SMILES string of the molecule is Cl.Cl.OC(c1cnc[nH]1)C1CCNCC1. The Bertz CT molecular complexity index is 250. The van der Waals surface area contributed by atoms with Crippen molar-refractivity contribution in [2.45, 2.75) is 18.9 Å². The van der Waals surface area contributed by atoms with Crippen molar-refractivity contribution >= 4 is 24.8 Å². The lowest BCUT2D eigenvalue weighted by molar-refractivity contribution is 0.0855. The Morgan fingerprint density at radius 2 is 2.00 bits per heavy atom. The summed E-state index contributed by atoms with van der Waals surface area (Å²) in [6, 6.07) is 0. The molecule has 0 amide bonds. The monoisotopic (exact) mass is 253 g/mol. The van der Waals surface area contributed by atoms with Crippen molar-refractivity contribution in [2.75, 3.05) is 13.1 Å². The minimum atomic E-state index is -0.371. The second-order valence-electron chi connectivity index (χ2n) is 3.54. The zero-order valence-corrected chi connectivity index (χ0v) is 9.98. The number of H-pyrrole nitrogens is 1. The lowest BCUT2D eigenvalue weighted by Gasteiger charge is -2.26. The van der Waals surface area contributed by atoms with Crippen LogP contribution in [0.2, 0.25) is 0 Å². The topological polar surface area (TPSA) is 60.9 Å². The number of imidazole rings is 1. The van der Waals surface area contributed by atoms with Crippen molar-refractivity contribution in [3.63, 3.8) is 0 Å². The minimum absolute atomic E-state index is 0. The average molecular weight is 254 g/mol. The van der Waals surface area contributed by atoms with Crippen LogP contribution in [0.1, 0.15) is 24.6 Å². The molecule has 0 aromatic carbocycles. The lowest BCUT2D eigenvalue weighted by Crippen LogP contribution is -2.30. The third-order valence-corrected chi connectivity index (χ3v) is 2.67. The summed E-state index contributed by atoms with van der Waals surface area (Å²) in [6.45, 7) is 2.02. The second-order valence-corrected chi connectivity index (χ2v) is 3.54. The summed E-state index contributed by atoms with van der Waals surface area (Å²) in [4.78, 5) is 6.86. The summed E-state index contributed by atoms with van der Waals surface area (Å²) < 4.78 is 0. The number of hydrogen-bond acceptors (Lipinski definition) is 3. The highest BCUT2D eigenvalue weighted by molar-refractivity contribution is 5.85. The molecule has 1 saturated heterocycles. The molecule has 88 valence electrons. The van der Waals surface area contributed by atoms with Gasteiger partial charge in [-0.25, -0.2) is 4.98 Å². The summed E-state index contributed by atoms with van der Waals surface area (Å²) in [7, 11) is 0. The first kappa shape index (κ1) is 14.7. The van der Waals surface area contributed by atoms with E-state index < -0.39 is 0 Å². The Morgan fingerprint density at radius 1 is 1.33 bits per heavy atom. The maximum Gasteiger partial charge on any atom is 0.0982 e. The van der Waals surface area contributed by atoms with Gasteiger partial charge in [-0.1, -0.05) is 0 Å². The van der Waals surface area contributed by atoms with E-state index in [0.29, 0.717) is 5.92 Å². The van der Waals surface area contributed by atoms with Crippen molar-refractivity contribution < 1.29 is 5.11 Å². The molecule has 2 heterocycles. The molecule has 0 radical (unpaired) electrons. The molecule has 1 aliphatic rings. The van der Waals surface area contributed by atoms with Gasteiger partial charge in [-0.3, -0.25) is 0 Å². The quantitative estimate of drug-likeness (QED) is 0.745. The number of piperidine rings is 1. The standard InChI is InChI=1S/C9H15N3O.2ClH/c13-9(8-5-11-6-12-8)7-1-3-10-4-2-7;;/h5-7,9-10,13H,1-4H2,(H,11,12);2*1H. The molecule has 1 fully saturated rings. The van der Waals surface area contributed by atoms with Crippen molar-refractivity contribution in [2.24, 2.45) is 5.92 Å². The van der Waals surface area contributed by atoms with Gasteiger partial charge in [-0.15, -0.1) is 24.8 Å². The van der Waals surface area contributed by atoms with E-state index in [0.717, 1.165) is 31.6 Å². The molecule has 0 spiro atoms. The van der Waals surface area contributed by atoms with Gasteiger partial charge in [-0.05, 0) is 31.8 Å². The average Bonchev–Trinajstić information content (AvgIpc) is 2.71. The van der Waals surface area contributed by atoms with E-state index in [1.54, 1.807) is 12.5 Å². The van der Waals surface area contributed by atoms with Crippen LogP contribution in [0.15, 0.2) is 12.5 Å². The van der Waals surface area contributed by atoms with Gasteiger partial charge in [-0.2, -0.15) is 0 Å². The van der Waals surface area contributed by atoms with Gasteiger partial charge in [0.05, 0.1) is 24.3 Å². The molecule has 15 heavy (non-hydrogen) atoms. The molecule has 0 aliphatic carbocycles. The number of aliphatic hydroxyl groups is 1. The van der Waals surface area contributed by atoms with Crippen LogP contribution in [0.4, 0.5) is 0 Å². The highest BCUT2D eigenvalue weighted by Gasteiger charge is 2.23. The van der Waals surface area contributed by atoms with Crippen LogP contribution in [0.3, 0.4) is 0 Å².